The maximum absolute atomic E-state index is 12.3. The van der Waals surface area contributed by atoms with Crippen molar-refractivity contribution in [3.05, 3.63) is 35.9 Å². The van der Waals surface area contributed by atoms with E-state index >= 15 is 0 Å². The SMILES string of the molecule is COCC(O)CN(C)C(=O)C1CSC(c2ccccc2)=N1. The summed E-state index contributed by atoms with van der Waals surface area (Å²) in [6.45, 7) is 0.472. The molecule has 2 unspecified atom stereocenters. The lowest BCUT2D eigenvalue weighted by atomic mass is 10.2. The maximum Gasteiger partial charge on any atom is 0.248 e. The first-order chi connectivity index (χ1) is 10.1. The molecule has 1 N–H and O–H groups in total. The van der Waals surface area contributed by atoms with E-state index in [1.165, 1.54) is 12.0 Å². The van der Waals surface area contributed by atoms with E-state index in [2.05, 4.69) is 4.99 Å². The zero-order chi connectivity index (χ0) is 15.2. The number of methoxy groups -OCH3 is 1. The van der Waals surface area contributed by atoms with Crippen molar-refractivity contribution in [2.45, 2.75) is 12.1 Å². The number of amides is 1. The van der Waals surface area contributed by atoms with Crippen molar-refractivity contribution in [2.75, 3.05) is 33.1 Å². The summed E-state index contributed by atoms with van der Waals surface area (Å²) in [7, 11) is 3.21. The van der Waals surface area contributed by atoms with E-state index in [4.69, 9.17) is 4.74 Å². The molecule has 0 saturated heterocycles. The number of thioether (sulfide) groups is 1. The summed E-state index contributed by atoms with van der Waals surface area (Å²) in [5.41, 5.74) is 1.04. The van der Waals surface area contributed by atoms with Gasteiger partial charge in [0.15, 0.2) is 0 Å². The topological polar surface area (TPSA) is 62.1 Å². The van der Waals surface area contributed by atoms with Crippen LogP contribution >= 0.6 is 11.8 Å². The molecule has 5 nitrogen and oxygen atoms in total. The second-order valence-electron chi connectivity index (χ2n) is 4.96. The Morgan fingerprint density at radius 1 is 1.52 bits per heavy atom. The number of likely N-dealkylation sites (N-methyl/N-ethyl adjacent to an activating group) is 1. The average Bonchev–Trinajstić information content (AvgIpc) is 2.97. The Bertz CT molecular complexity index is 507. The molecule has 0 fully saturated rings. The highest BCUT2D eigenvalue weighted by Gasteiger charge is 2.28. The lowest BCUT2D eigenvalue weighted by Crippen LogP contribution is -2.41. The van der Waals surface area contributed by atoms with Gasteiger partial charge < -0.3 is 14.7 Å². The van der Waals surface area contributed by atoms with Gasteiger partial charge in [-0.3, -0.25) is 9.79 Å². The van der Waals surface area contributed by atoms with Crippen LogP contribution < -0.4 is 0 Å². The molecule has 0 saturated carbocycles. The van der Waals surface area contributed by atoms with E-state index in [9.17, 15) is 9.90 Å². The number of nitrogens with zero attached hydrogens (tertiary/aromatic N) is 2. The summed E-state index contributed by atoms with van der Waals surface area (Å²) >= 11 is 1.59. The first-order valence-corrected chi connectivity index (χ1v) is 7.78. The fourth-order valence-corrected chi connectivity index (χ4v) is 3.18. The third kappa shape index (κ3) is 4.30. The fourth-order valence-electron chi connectivity index (χ4n) is 2.14. The Morgan fingerprint density at radius 3 is 2.90 bits per heavy atom. The Kier molecular flexibility index (Phi) is 5.78. The molecule has 0 aromatic heterocycles. The average molecular weight is 308 g/mol. The molecule has 0 aliphatic carbocycles. The zero-order valence-corrected chi connectivity index (χ0v) is 13.0. The molecule has 1 aliphatic rings. The van der Waals surface area contributed by atoms with Crippen molar-refractivity contribution in [2.24, 2.45) is 4.99 Å². The van der Waals surface area contributed by atoms with Gasteiger partial charge in [-0.05, 0) is 0 Å². The van der Waals surface area contributed by atoms with Crippen LogP contribution in [0.2, 0.25) is 0 Å². The second-order valence-corrected chi connectivity index (χ2v) is 5.96. The number of carbonyl (C=O) groups excluding carboxylic acids is 1. The molecule has 0 spiro atoms. The molecule has 21 heavy (non-hydrogen) atoms. The Hall–Kier alpha value is -1.37. The highest BCUT2D eigenvalue weighted by Crippen LogP contribution is 2.24. The first kappa shape index (κ1) is 16.0. The summed E-state index contributed by atoms with van der Waals surface area (Å²) < 4.78 is 4.86. The summed E-state index contributed by atoms with van der Waals surface area (Å²) in [5.74, 6) is 0.580. The third-order valence-electron chi connectivity index (χ3n) is 3.18. The van der Waals surface area contributed by atoms with Gasteiger partial charge in [0.05, 0.1) is 17.8 Å². The highest BCUT2D eigenvalue weighted by molar-refractivity contribution is 8.14. The Balaban J connectivity index is 1.96. The number of aliphatic hydroxyl groups is 1. The highest BCUT2D eigenvalue weighted by atomic mass is 32.2. The largest absolute Gasteiger partial charge is 0.389 e. The first-order valence-electron chi connectivity index (χ1n) is 6.80. The van der Waals surface area contributed by atoms with Crippen LogP contribution in [-0.4, -0.2) is 66.2 Å². The van der Waals surface area contributed by atoms with Crippen LogP contribution in [0, 0.1) is 0 Å². The number of aliphatic hydroxyl groups excluding tert-OH is 1. The number of rotatable bonds is 6. The smallest absolute Gasteiger partial charge is 0.248 e. The molecule has 6 heteroatoms. The monoisotopic (exact) mass is 308 g/mol. The molecule has 1 aromatic carbocycles. The summed E-state index contributed by atoms with van der Waals surface area (Å²) in [4.78, 5) is 18.3. The van der Waals surface area contributed by atoms with Crippen molar-refractivity contribution >= 4 is 22.7 Å². The van der Waals surface area contributed by atoms with Crippen LogP contribution in [0.1, 0.15) is 5.56 Å². The lowest BCUT2D eigenvalue weighted by Gasteiger charge is -2.22. The molecule has 1 amide bonds. The molecule has 1 aromatic rings. The number of hydrogen-bond acceptors (Lipinski definition) is 5. The number of benzene rings is 1. The zero-order valence-electron chi connectivity index (χ0n) is 12.2. The molecule has 1 aliphatic heterocycles. The van der Waals surface area contributed by atoms with Gasteiger partial charge in [0.2, 0.25) is 5.91 Å². The molecular formula is C15H20N2O3S. The lowest BCUT2D eigenvalue weighted by molar-refractivity contribution is -0.132. The summed E-state index contributed by atoms with van der Waals surface area (Å²) in [5, 5.41) is 10.6. The van der Waals surface area contributed by atoms with Crippen molar-refractivity contribution in [3.63, 3.8) is 0 Å². The minimum absolute atomic E-state index is 0.0661. The van der Waals surface area contributed by atoms with Crippen molar-refractivity contribution in [1.29, 1.82) is 0 Å². The van der Waals surface area contributed by atoms with Crippen LogP contribution in [-0.2, 0) is 9.53 Å². The summed E-state index contributed by atoms with van der Waals surface area (Å²) in [6.07, 6.45) is -0.671. The predicted octanol–water partition coefficient (Wildman–Crippen LogP) is 1.01. The van der Waals surface area contributed by atoms with Crippen LogP contribution in [0.15, 0.2) is 35.3 Å². The molecule has 2 rings (SSSR count). The van der Waals surface area contributed by atoms with E-state index in [0.717, 1.165) is 10.6 Å². The van der Waals surface area contributed by atoms with Crippen molar-refractivity contribution < 1.29 is 14.6 Å². The molecule has 114 valence electrons. The van der Waals surface area contributed by atoms with Crippen LogP contribution in [0.3, 0.4) is 0 Å². The minimum Gasteiger partial charge on any atom is -0.389 e. The van der Waals surface area contributed by atoms with Gasteiger partial charge in [0.25, 0.3) is 0 Å². The van der Waals surface area contributed by atoms with Gasteiger partial charge in [-0.25, -0.2) is 0 Å². The number of ether oxygens (including phenoxy) is 1. The molecule has 2 atom stereocenters. The molecule has 1 heterocycles. The van der Waals surface area contributed by atoms with Gasteiger partial charge in [-0.1, -0.05) is 30.3 Å². The van der Waals surface area contributed by atoms with Crippen LogP contribution in [0.25, 0.3) is 0 Å². The van der Waals surface area contributed by atoms with Gasteiger partial charge in [-0.15, -0.1) is 11.8 Å². The molecule has 0 radical (unpaired) electrons. The maximum atomic E-state index is 12.3. The van der Waals surface area contributed by atoms with Crippen LogP contribution in [0.4, 0.5) is 0 Å². The van der Waals surface area contributed by atoms with Crippen molar-refractivity contribution in [3.8, 4) is 0 Å². The number of aliphatic imine (C=N–C) groups is 1. The molecular weight excluding hydrogens is 288 g/mol. The van der Waals surface area contributed by atoms with Gasteiger partial charge in [0, 0.05) is 32.0 Å². The number of carbonyl (C=O) groups is 1. The standard InChI is InChI=1S/C15H20N2O3S/c1-17(8-12(18)9-20-2)15(19)13-10-21-14(16-13)11-6-4-3-5-7-11/h3-7,12-13,18H,8-10H2,1-2H3. The van der Waals surface area contributed by atoms with Crippen LogP contribution in [0.5, 0.6) is 0 Å². The van der Waals surface area contributed by atoms with Crippen molar-refractivity contribution in [1.82, 2.24) is 4.90 Å². The fraction of sp³-hybridized carbons (Fsp3) is 0.467. The normalized spacial score (nSPS) is 19.2. The quantitative estimate of drug-likeness (QED) is 0.852. The van der Waals surface area contributed by atoms with Gasteiger partial charge >= 0.3 is 0 Å². The number of hydrogen-bond donors (Lipinski definition) is 1. The van der Waals surface area contributed by atoms with E-state index < -0.39 is 6.10 Å². The van der Waals surface area contributed by atoms with E-state index in [-0.39, 0.29) is 25.1 Å². The van der Waals surface area contributed by atoms with E-state index in [1.54, 1.807) is 18.8 Å². The second kappa shape index (κ2) is 7.59. The molecule has 0 bridgehead atoms. The minimum atomic E-state index is -0.671. The van der Waals surface area contributed by atoms with E-state index in [0.29, 0.717) is 5.75 Å². The third-order valence-corrected chi connectivity index (χ3v) is 4.27. The predicted molar refractivity (Wildman–Crippen MR) is 84.7 cm³/mol. The van der Waals surface area contributed by atoms with Gasteiger partial charge in [0.1, 0.15) is 6.04 Å². The summed E-state index contributed by atoms with van der Waals surface area (Å²) in [6, 6.07) is 9.49. The van der Waals surface area contributed by atoms with E-state index in [1.807, 2.05) is 30.3 Å². The van der Waals surface area contributed by atoms with Gasteiger partial charge in [-0.2, -0.15) is 0 Å². The Labute approximate surface area is 129 Å². The Morgan fingerprint density at radius 2 is 2.24 bits per heavy atom.